The van der Waals surface area contributed by atoms with Crippen molar-refractivity contribution in [2.75, 3.05) is 6.26 Å². The molecule has 0 saturated heterocycles. The van der Waals surface area contributed by atoms with Crippen molar-refractivity contribution < 1.29 is 13.2 Å². The van der Waals surface area contributed by atoms with Crippen molar-refractivity contribution in [2.45, 2.75) is 24.7 Å². The van der Waals surface area contributed by atoms with Crippen molar-refractivity contribution in [2.24, 2.45) is 0 Å². The smallest absolute Gasteiger partial charge is 0.175 e. The number of hydrogen-bond acceptors (Lipinski definition) is 3. The molecule has 0 atom stereocenters. The van der Waals surface area contributed by atoms with Crippen LogP contribution < -0.4 is 0 Å². The van der Waals surface area contributed by atoms with Crippen LogP contribution in [-0.2, 0) is 21.1 Å². The second kappa shape index (κ2) is 4.57. The van der Waals surface area contributed by atoms with Crippen molar-refractivity contribution in [1.29, 1.82) is 0 Å². The van der Waals surface area contributed by atoms with Crippen molar-refractivity contribution in [3.8, 4) is 0 Å². The summed E-state index contributed by atoms with van der Waals surface area (Å²) in [6, 6.07) is 6.44. The maximum atomic E-state index is 11.2. The Morgan fingerprint density at radius 2 is 1.73 bits per heavy atom. The molecule has 4 heteroatoms. The Bertz CT molecular complexity index is 443. The number of ketones is 1. The van der Waals surface area contributed by atoms with Gasteiger partial charge in [-0.1, -0.05) is 19.1 Å². The summed E-state index contributed by atoms with van der Waals surface area (Å²) < 4.78 is 22.3. The third-order valence-corrected chi connectivity index (χ3v) is 3.28. The van der Waals surface area contributed by atoms with E-state index in [1.807, 2.05) is 6.92 Å². The van der Waals surface area contributed by atoms with Gasteiger partial charge in [-0.25, -0.2) is 8.42 Å². The van der Waals surface area contributed by atoms with Crippen LogP contribution in [0.1, 0.15) is 18.9 Å². The van der Waals surface area contributed by atoms with Crippen LogP contribution in [-0.4, -0.2) is 20.5 Å². The number of hydrogen-bond donors (Lipinski definition) is 0. The van der Waals surface area contributed by atoms with Gasteiger partial charge in [0.15, 0.2) is 9.84 Å². The first-order chi connectivity index (χ1) is 6.93. The van der Waals surface area contributed by atoms with Crippen LogP contribution >= 0.6 is 0 Å². The quantitative estimate of drug-likeness (QED) is 0.783. The summed E-state index contributed by atoms with van der Waals surface area (Å²) in [5.74, 6) is 0.155. The fourth-order valence-electron chi connectivity index (χ4n) is 1.21. The molecule has 0 N–H and O–H groups in total. The number of benzene rings is 1. The molecular weight excluding hydrogens is 212 g/mol. The number of Topliss-reactive ketones (excluding diaryl/α,β-unsaturated/α-hetero) is 1. The van der Waals surface area contributed by atoms with Crippen molar-refractivity contribution in [3.05, 3.63) is 29.8 Å². The Labute approximate surface area is 90.0 Å². The maximum Gasteiger partial charge on any atom is 0.175 e. The van der Waals surface area contributed by atoms with Gasteiger partial charge in [-0.15, -0.1) is 0 Å². The summed E-state index contributed by atoms with van der Waals surface area (Å²) >= 11 is 0. The van der Waals surface area contributed by atoms with Crippen LogP contribution in [0, 0.1) is 0 Å². The van der Waals surface area contributed by atoms with Gasteiger partial charge in [0.05, 0.1) is 4.90 Å². The summed E-state index contributed by atoms with van der Waals surface area (Å²) in [7, 11) is -3.14. The van der Waals surface area contributed by atoms with E-state index in [9.17, 15) is 13.2 Å². The van der Waals surface area contributed by atoms with E-state index in [-0.39, 0.29) is 10.7 Å². The molecule has 15 heavy (non-hydrogen) atoms. The Morgan fingerprint density at radius 3 is 2.13 bits per heavy atom. The molecule has 0 unspecified atom stereocenters. The monoisotopic (exact) mass is 226 g/mol. The maximum absolute atomic E-state index is 11.2. The highest BCUT2D eigenvalue weighted by molar-refractivity contribution is 7.90. The van der Waals surface area contributed by atoms with E-state index in [1.54, 1.807) is 12.1 Å². The summed E-state index contributed by atoms with van der Waals surface area (Å²) in [4.78, 5) is 11.4. The van der Waals surface area contributed by atoms with Gasteiger partial charge in [0.25, 0.3) is 0 Å². The summed E-state index contributed by atoms with van der Waals surface area (Å²) in [5, 5.41) is 0. The van der Waals surface area contributed by atoms with Gasteiger partial charge in [0, 0.05) is 19.1 Å². The van der Waals surface area contributed by atoms with Gasteiger partial charge in [-0.05, 0) is 17.7 Å². The van der Waals surface area contributed by atoms with E-state index >= 15 is 0 Å². The molecule has 0 aromatic heterocycles. The molecule has 0 aliphatic rings. The molecule has 0 aliphatic heterocycles. The fourth-order valence-corrected chi connectivity index (χ4v) is 1.84. The van der Waals surface area contributed by atoms with Gasteiger partial charge >= 0.3 is 0 Å². The van der Waals surface area contributed by atoms with E-state index < -0.39 is 9.84 Å². The van der Waals surface area contributed by atoms with Gasteiger partial charge in [0.2, 0.25) is 0 Å². The van der Waals surface area contributed by atoms with E-state index in [0.717, 1.165) is 5.56 Å². The Hall–Kier alpha value is -1.16. The lowest BCUT2D eigenvalue weighted by Crippen LogP contribution is -2.01. The first-order valence-corrected chi connectivity index (χ1v) is 6.63. The van der Waals surface area contributed by atoms with Crippen molar-refractivity contribution in [1.82, 2.24) is 0 Å². The molecule has 3 nitrogen and oxygen atoms in total. The second-order valence-corrected chi connectivity index (χ2v) is 5.50. The first-order valence-electron chi connectivity index (χ1n) is 4.74. The van der Waals surface area contributed by atoms with Crippen LogP contribution in [0.4, 0.5) is 0 Å². The lowest BCUT2D eigenvalue weighted by molar-refractivity contribution is -0.118. The number of carbonyl (C=O) groups is 1. The first kappa shape index (κ1) is 11.9. The van der Waals surface area contributed by atoms with Gasteiger partial charge in [-0.3, -0.25) is 4.79 Å². The zero-order chi connectivity index (χ0) is 11.5. The Morgan fingerprint density at radius 1 is 1.20 bits per heavy atom. The molecule has 0 heterocycles. The highest BCUT2D eigenvalue weighted by atomic mass is 32.2. The van der Waals surface area contributed by atoms with Crippen LogP contribution in [0.25, 0.3) is 0 Å². The van der Waals surface area contributed by atoms with Gasteiger partial charge in [0.1, 0.15) is 5.78 Å². The average Bonchev–Trinajstić information content (AvgIpc) is 2.17. The highest BCUT2D eigenvalue weighted by Crippen LogP contribution is 2.11. The van der Waals surface area contributed by atoms with E-state index in [1.165, 1.54) is 18.4 Å². The second-order valence-electron chi connectivity index (χ2n) is 3.49. The van der Waals surface area contributed by atoms with Gasteiger partial charge in [-0.2, -0.15) is 0 Å². The van der Waals surface area contributed by atoms with E-state index in [2.05, 4.69) is 0 Å². The number of rotatable bonds is 4. The molecule has 0 radical (unpaired) electrons. The number of carbonyl (C=O) groups excluding carboxylic acids is 1. The topological polar surface area (TPSA) is 51.2 Å². The zero-order valence-electron chi connectivity index (χ0n) is 8.86. The minimum absolute atomic E-state index is 0.155. The standard InChI is InChI=1S/C11H14O3S/c1-3-10(12)8-9-4-6-11(7-5-9)15(2,13)14/h4-7H,3,8H2,1-2H3. The summed E-state index contributed by atoms with van der Waals surface area (Å²) in [6.07, 6.45) is 2.05. The van der Waals surface area contributed by atoms with Crippen LogP contribution in [0.2, 0.25) is 0 Å². The van der Waals surface area contributed by atoms with E-state index in [0.29, 0.717) is 12.8 Å². The molecule has 0 aliphatic carbocycles. The highest BCUT2D eigenvalue weighted by Gasteiger charge is 2.07. The molecule has 0 fully saturated rings. The Kier molecular flexibility index (Phi) is 3.63. The van der Waals surface area contributed by atoms with E-state index in [4.69, 9.17) is 0 Å². The Balaban J connectivity index is 2.86. The predicted octanol–water partition coefficient (Wildman–Crippen LogP) is 1.61. The minimum Gasteiger partial charge on any atom is -0.299 e. The molecule has 1 aromatic carbocycles. The van der Waals surface area contributed by atoms with Crippen molar-refractivity contribution >= 4 is 15.6 Å². The average molecular weight is 226 g/mol. The fraction of sp³-hybridized carbons (Fsp3) is 0.364. The summed E-state index contributed by atoms with van der Waals surface area (Å²) in [6.45, 7) is 1.81. The molecular formula is C11H14O3S. The molecule has 1 aromatic rings. The largest absolute Gasteiger partial charge is 0.299 e. The van der Waals surface area contributed by atoms with Gasteiger partial charge < -0.3 is 0 Å². The molecule has 0 amide bonds. The SMILES string of the molecule is CCC(=O)Cc1ccc(S(C)(=O)=O)cc1. The van der Waals surface area contributed by atoms with Crippen LogP contribution in [0.15, 0.2) is 29.2 Å². The molecule has 0 bridgehead atoms. The third-order valence-electron chi connectivity index (χ3n) is 2.15. The molecule has 0 saturated carbocycles. The van der Waals surface area contributed by atoms with Crippen molar-refractivity contribution in [3.63, 3.8) is 0 Å². The summed E-state index contributed by atoms with van der Waals surface area (Å²) in [5.41, 5.74) is 0.856. The third kappa shape index (κ3) is 3.47. The van der Waals surface area contributed by atoms with Crippen LogP contribution in [0.3, 0.4) is 0 Å². The predicted molar refractivity (Wildman–Crippen MR) is 58.6 cm³/mol. The number of sulfone groups is 1. The minimum atomic E-state index is -3.14. The molecule has 82 valence electrons. The lowest BCUT2D eigenvalue weighted by atomic mass is 10.1. The lowest BCUT2D eigenvalue weighted by Gasteiger charge is -2.01. The zero-order valence-corrected chi connectivity index (χ0v) is 9.67. The van der Waals surface area contributed by atoms with Crippen LogP contribution in [0.5, 0.6) is 0 Å². The normalized spacial score (nSPS) is 11.3. The molecule has 0 spiro atoms. The molecule has 1 rings (SSSR count).